The van der Waals surface area contributed by atoms with E-state index in [4.69, 9.17) is 56.8 Å². The Labute approximate surface area is 400 Å². The number of rotatable bonds is 39. The molecule has 12 heteroatoms. The third kappa shape index (κ3) is 35.8. The van der Waals surface area contributed by atoms with Gasteiger partial charge in [0.05, 0.1) is 36.6 Å². The second kappa shape index (κ2) is 44.2. The van der Waals surface area contributed by atoms with Crippen LogP contribution in [-0.4, -0.2) is 137 Å². The zero-order chi connectivity index (χ0) is 48.1. The van der Waals surface area contributed by atoms with Gasteiger partial charge in [0.25, 0.3) is 0 Å². The van der Waals surface area contributed by atoms with Crippen molar-refractivity contribution in [2.45, 2.75) is 136 Å². The first-order chi connectivity index (χ1) is 32.3. The Kier molecular flexibility index (Phi) is 40.7. The Bertz CT molecular complexity index is 1240. The fraction of sp³-hybridized carbons (Fsp3) is 0.667. The van der Waals surface area contributed by atoms with E-state index in [1.807, 2.05) is 112 Å². The number of hydrogen-bond acceptors (Lipinski definition) is 12. The largest absolute Gasteiger partial charge is 0.491 e. The molecule has 0 amide bonds. The summed E-state index contributed by atoms with van der Waals surface area (Å²) in [7, 11) is 5.17. The minimum Gasteiger partial charge on any atom is -0.491 e. The maximum Gasteiger partial charge on any atom is 0.119 e. The molecule has 0 N–H and O–H groups in total. The first kappa shape index (κ1) is 60.7. The van der Waals surface area contributed by atoms with Crippen LogP contribution >= 0.6 is 0 Å². The zero-order valence-corrected chi connectivity index (χ0v) is 42.4. The molecule has 3 rings (SSSR count). The van der Waals surface area contributed by atoms with E-state index >= 15 is 0 Å². The molecule has 66 heavy (non-hydrogen) atoms. The van der Waals surface area contributed by atoms with Crippen molar-refractivity contribution < 1.29 is 56.8 Å². The number of ether oxygens (including phenoxy) is 12. The summed E-state index contributed by atoms with van der Waals surface area (Å²) in [5, 5.41) is 0. The average molecular weight is 931 g/mol. The lowest BCUT2D eigenvalue weighted by Crippen LogP contribution is -2.22. The Balaban J connectivity index is 0.000000495. The van der Waals surface area contributed by atoms with Gasteiger partial charge in [-0.3, -0.25) is 0 Å². The Morgan fingerprint density at radius 3 is 0.833 bits per heavy atom. The summed E-state index contributed by atoms with van der Waals surface area (Å²) in [6.07, 6.45) is 9.52. The number of hydrogen-bond donors (Lipinski definition) is 0. The maximum absolute atomic E-state index is 5.83. The second-order valence-electron chi connectivity index (χ2n) is 16.0. The molecule has 0 aliphatic heterocycles. The summed E-state index contributed by atoms with van der Waals surface area (Å²) in [6.45, 7) is 20.8. The van der Waals surface area contributed by atoms with Gasteiger partial charge in [0, 0.05) is 80.8 Å². The summed E-state index contributed by atoms with van der Waals surface area (Å²) in [6, 6.07) is 29.5. The fourth-order valence-electron chi connectivity index (χ4n) is 5.61. The molecule has 0 aliphatic rings. The van der Waals surface area contributed by atoms with Crippen molar-refractivity contribution in [3.63, 3.8) is 0 Å². The molecule has 0 aliphatic carbocycles. The van der Waals surface area contributed by atoms with Crippen LogP contribution < -0.4 is 14.2 Å². The molecule has 0 heterocycles. The Morgan fingerprint density at radius 1 is 0.348 bits per heavy atom. The first-order valence-electron chi connectivity index (χ1n) is 24.5. The molecule has 6 unspecified atom stereocenters. The molecule has 3 aromatic rings. The van der Waals surface area contributed by atoms with Crippen molar-refractivity contribution in [3.8, 4) is 17.2 Å². The van der Waals surface area contributed by atoms with Crippen LogP contribution in [0.4, 0.5) is 0 Å². The summed E-state index contributed by atoms with van der Waals surface area (Å²) in [5.74, 6) is 2.67. The van der Waals surface area contributed by atoms with Crippen molar-refractivity contribution >= 4 is 0 Å². The van der Waals surface area contributed by atoms with Crippen molar-refractivity contribution in [1.82, 2.24) is 0 Å². The van der Waals surface area contributed by atoms with E-state index in [9.17, 15) is 0 Å². The minimum atomic E-state index is 0.133. The van der Waals surface area contributed by atoms with E-state index in [0.29, 0.717) is 39.6 Å². The van der Waals surface area contributed by atoms with Crippen molar-refractivity contribution in [2.24, 2.45) is 0 Å². The van der Waals surface area contributed by atoms with Crippen molar-refractivity contribution in [1.29, 1.82) is 0 Å². The highest BCUT2D eigenvalue weighted by atomic mass is 16.5. The summed E-state index contributed by atoms with van der Waals surface area (Å²) in [4.78, 5) is 0. The molecule has 12 nitrogen and oxygen atoms in total. The molecule has 0 spiro atoms. The highest BCUT2D eigenvalue weighted by Gasteiger charge is 2.10. The fourth-order valence-corrected chi connectivity index (χ4v) is 5.61. The van der Waals surface area contributed by atoms with Crippen LogP contribution in [0, 0.1) is 0 Å². The molecule has 0 saturated carbocycles. The van der Waals surface area contributed by atoms with E-state index in [1.54, 1.807) is 21.3 Å². The average Bonchev–Trinajstić information content (AvgIpc) is 3.36. The minimum absolute atomic E-state index is 0.133. The standard InChI is InChI=1S/3C18H30O4/c3*1-4-17(15-22-18-9-6-5-7-10-18)21-13-8-12-20-14-11-16(2)19-3/h3*5-7,9-10,16-17H,4,8,11-15H2,1-3H3. The predicted octanol–water partition coefficient (Wildman–Crippen LogP) is 11.1. The normalized spacial score (nSPS) is 13.8. The smallest absolute Gasteiger partial charge is 0.119 e. The van der Waals surface area contributed by atoms with Crippen LogP contribution in [0.5, 0.6) is 17.2 Å². The Hall–Kier alpha value is -3.30. The predicted molar refractivity (Wildman–Crippen MR) is 265 cm³/mol. The van der Waals surface area contributed by atoms with Crippen molar-refractivity contribution in [2.75, 3.05) is 101 Å². The molecule has 0 radical (unpaired) electrons. The van der Waals surface area contributed by atoms with Gasteiger partial charge in [0.2, 0.25) is 0 Å². The monoisotopic (exact) mass is 931 g/mol. The summed E-state index contributed by atoms with van der Waals surface area (Å²) < 4.78 is 66.9. The van der Waals surface area contributed by atoms with Gasteiger partial charge in [-0.25, -0.2) is 0 Å². The van der Waals surface area contributed by atoms with Crippen LogP contribution in [0.25, 0.3) is 0 Å². The van der Waals surface area contributed by atoms with E-state index in [0.717, 1.165) is 115 Å². The van der Waals surface area contributed by atoms with Crippen LogP contribution in [-0.2, 0) is 42.6 Å². The molecular formula is C54H90O12. The van der Waals surface area contributed by atoms with E-state index < -0.39 is 0 Å². The van der Waals surface area contributed by atoms with E-state index in [-0.39, 0.29) is 36.6 Å². The second-order valence-corrected chi connectivity index (χ2v) is 16.0. The summed E-state index contributed by atoms with van der Waals surface area (Å²) in [5.41, 5.74) is 0. The topological polar surface area (TPSA) is 111 Å². The first-order valence-corrected chi connectivity index (χ1v) is 24.5. The summed E-state index contributed by atoms with van der Waals surface area (Å²) >= 11 is 0. The van der Waals surface area contributed by atoms with Gasteiger partial charge < -0.3 is 56.8 Å². The highest BCUT2D eigenvalue weighted by molar-refractivity contribution is 5.22. The molecular weight excluding hydrogens is 841 g/mol. The van der Waals surface area contributed by atoms with Crippen molar-refractivity contribution in [3.05, 3.63) is 91.0 Å². The SMILES string of the molecule is CCC(COc1ccccc1)OCCCOCCC(C)OC.CCC(COc1ccccc1)OCCCOCCC(C)OC.CCC(COc1ccccc1)OCCCOCCC(C)OC. The van der Waals surface area contributed by atoms with Gasteiger partial charge in [-0.1, -0.05) is 75.4 Å². The molecule has 0 bridgehead atoms. The highest BCUT2D eigenvalue weighted by Crippen LogP contribution is 2.13. The van der Waals surface area contributed by atoms with Gasteiger partial charge in [-0.15, -0.1) is 0 Å². The number of methoxy groups -OCH3 is 3. The third-order valence-electron chi connectivity index (χ3n) is 10.5. The van der Waals surface area contributed by atoms with E-state index in [2.05, 4.69) is 20.8 Å². The molecule has 0 aromatic heterocycles. The van der Waals surface area contributed by atoms with Gasteiger partial charge in [0.15, 0.2) is 0 Å². The lowest BCUT2D eigenvalue weighted by molar-refractivity contribution is 0.00255. The zero-order valence-electron chi connectivity index (χ0n) is 42.4. The molecule has 0 fully saturated rings. The Morgan fingerprint density at radius 2 is 0.606 bits per heavy atom. The lowest BCUT2D eigenvalue weighted by atomic mass is 10.3. The number of para-hydroxylation sites is 3. The van der Waals surface area contributed by atoms with Gasteiger partial charge >= 0.3 is 0 Å². The molecule has 0 saturated heterocycles. The molecule has 6 atom stereocenters. The van der Waals surface area contributed by atoms with Crippen LogP contribution in [0.15, 0.2) is 91.0 Å². The van der Waals surface area contributed by atoms with Crippen LogP contribution in [0.2, 0.25) is 0 Å². The van der Waals surface area contributed by atoms with Gasteiger partial charge in [-0.2, -0.15) is 0 Å². The van der Waals surface area contributed by atoms with Crippen LogP contribution in [0.3, 0.4) is 0 Å². The lowest BCUT2D eigenvalue weighted by Gasteiger charge is -2.17. The third-order valence-corrected chi connectivity index (χ3v) is 10.5. The number of benzene rings is 3. The van der Waals surface area contributed by atoms with E-state index in [1.165, 1.54) is 0 Å². The molecule has 378 valence electrons. The quantitative estimate of drug-likeness (QED) is 0.0508. The molecule has 3 aromatic carbocycles. The van der Waals surface area contributed by atoms with Crippen LogP contribution in [0.1, 0.15) is 99.3 Å². The maximum atomic E-state index is 5.83. The van der Waals surface area contributed by atoms with Gasteiger partial charge in [0.1, 0.15) is 37.1 Å². The van der Waals surface area contributed by atoms with Gasteiger partial charge in [-0.05, 0) is 115 Å².